The van der Waals surface area contributed by atoms with Crippen molar-refractivity contribution in [2.24, 2.45) is 0 Å². The van der Waals surface area contributed by atoms with E-state index in [0.29, 0.717) is 10.6 Å². The van der Waals surface area contributed by atoms with Crippen molar-refractivity contribution in [1.29, 1.82) is 0 Å². The Morgan fingerprint density at radius 2 is 2.00 bits per heavy atom. The predicted octanol–water partition coefficient (Wildman–Crippen LogP) is 3.09. The summed E-state index contributed by atoms with van der Waals surface area (Å²) >= 11 is 11.4. The number of ether oxygens (including phenoxy) is 1. The van der Waals surface area contributed by atoms with E-state index >= 15 is 0 Å². The summed E-state index contributed by atoms with van der Waals surface area (Å²) in [7, 11) is 0. The summed E-state index contributed by atoms with van der Waals surface area (Å²) in [6.07, 6.45) is 1.39. The first-order valence-corrected chi connectivity index (χ1v) is 6.24. The average Bonchev–Trinajstić information content (AvgIpc) is 2.37. The number of carbonyl (C=O) groups excluding carboxylic acids is 2. The predicted molar refractivity (Wildman–Crippen MR) is 71.8 cm³/mol. The molecule has 0 aliphatic heterocycles. The largest absolute Gasteiger partial charge is 0.462 e. The van der Waals surface area contributed by atoms with Crippen LogP contribution < -0.4 is 0 Å². The number of benzene rings is 1. The highest BCUT2D eigenvalue weighted by Gasteiger charge is 2.18. The van der Waals surface area contributed by atoms with E-state index in [2.05, 4.69) is 0 Å². The van der Waals surface area contributed by atoms with Crippen LogP contribution in [0.5, 0.6) is 0 Å². The molecule has 96 valence electrons. The minimum absolute atomic E-state index is 0.0973. The van der Waals surface area contributed by atoms with Gasteiger partial charge in [0.2, 0.25) is 0 Å². The first-order chi connectivity index (χ1) is 8.60. The molecule has 1 aromatic rings. The average molecular weight is 287 g/mol. The summed E-state index contributed by atoms with van der Waals surface area (Å²) in [5.41, 5.74) is 0.473. The van der Waals surface area contributed by atoms with E-state index < -0.39 is 11.8 Å². The molecule has 0 aliphatic rings. The Kier molecular flexibility index (Phi) is 5.89. The zero-order chi connectivity index (χ0) is 13.5. The Morgan fingerprint density at radius 1 is 1.33 bits per heavy atom. The summed E-state index contributed by atoms with van der Waals surface area (Å²) in [6.45, 7) is 1.85. The van der Waals surface area contributed by atoms with Gasteiger partial charge in [0.25, 0.3) is 0 Å². The molecule has 0 bridgehead atoms. The molecule has 1 rings (SSSR count). The molecule has 0 aliphatic carbocycles. The lowest BCUT2D eigenvalue weighted by Gasteiger charge is -2.05. The SMILES string of the molecule is CCOC(=O)C(=Cc1ccccc1Cl)C(=O)CCl. The molecule has 0 heterocycles. The topological polar surface area (TPSA) is 43.4 Å². The lowest BCUT2D eigenvalue weighted by Crippen LogP contribution is -2.16. The molecule has 1 aromatic carbocycles. The van der Waals surface area contributed by atoms with Gasteiger partial charge in [-0.2, -0.15) is 0 Å². The molecule has 3 nitrogen and oxygen atoms in total. The maximum atomic E-state index is 11.6. The minimum Gasteiger partial charge on any atom is -0.462 e. The second-order valence-electron chi connectivity index (χ2n) is 3.36. The number of hydrogen-bond donors (Lipinski definition) is 0. The van der Waals surface area contributed by atoms with Crippen molar-refractivity contribution in [3.63, 3.8) is 0 Å². The summed E-state index contributed by atoms with van der Waals surface area (Å²) in [6, 6.07) is 6.88. The lowest BCUT2D eigenvalue weighted by atomic mass is 10.1. The van der Waals surface area contributed by atoms with Crippen molar-refractivity contribution < 1.29 is 14.3 Å². The van der Waals surface area contributed by atoms with E-state index in [4.69, 9.17) is 27.9 Å². The van der Waals surface area contributed by atoms with Crippen LogP contribution in [-0.4, -0.2) is 24.2 Å². The fraction of sp³-hybridized carbons (Fsp3) is 0.231. The van der Waals surface area contributed by atoms with Crippen molar-refractivity contribution in [3.8, 4) is 0 Å². The number of ketones is 1. The normalized spacial score (nSPS) is 11.2. The van der Waals surface area contributed by atoms with Crippen molar-refractivity contribution in [2.75, 3.05) is 12.5 Å². The highest BCUT2D eigenvalue weighted by atomic mass is 35.5. The molecule has 0 atom stereocenters. The van der Waals surface area contributed by atoms with Gasteiger partial charge in [0.15, 0.2) is 5.78 Å². The van der Waals surface area contributed by atoms with Crippen LogP contribution in [0, 0.1) is 0 Å². The molecule has 0 unspecified atom stereocenters. The quantitative estimate of drug-likeness (QED) is 0.275. The van der Waals surface area contributed by atoms with Crippen LogP contribution in [0.1, 0.15) is 12.5 Å². The molecule has 18 heavy (non-hydrogen) atoms. The maximum absolute atomic E-state index is 11.6. The molecule has 5 heteroatoms. The van der Waals surface area contributed by atoms with Crippen molar-refractivity contribution in [3.05, 3.63) is 40.4 Å². The van der Waals surface area contributed by atoms with Crippen molar-refractivity contribution in [2.45, 2.75) is 6.92 Å². The van der Waals surface area contributed by atoms with Crippen molar-refractivity contribution >= 4 is 41.0 Å². The van der Waals surface area contributed by atoms with Crippen LogP contribution in [0.25, 0.3) is 6.08 Å². The molecule has 0 amide bonds. The van der Waals surface area contributed by atoms with Gasteiger partial charge in [0, 0.05) is 5.02 Å². The number of alkyl halides is 1. The van der Waals surface area contributed by atoms with Gasteiger partial charge in [-0.15, -0.1) is 11.6 Å². The zero-order valence-corrected chi connectivity index (χ0v) is 11.3. The fourth-order valence-corrected chi connectivity index (χ4v) is 1.62. The standard InChI is InChI=1S/C13H12Cl2O3/c1-2-18-13(17)10(12(16)8-14)7-9-5-3-4-6-11(9)15/h3-7H,2,8H2,1H3. The molecule has 0 N–H and O–H groups in total. The minimum atomic E-state index is -0.692. The molecule has 0 aromatic heterocycles. The summed E-state index contributed by atoms with van der Waals surface area (Å²) in [4.78, 5) is 23.2. The molecule has 0 spiro atoms. The number of rotatable bonds is 5. The summed E-state index contributed by atoms with van der Waals surface area (Å²) in [5.74, 6) is -1.46. The van der Waals surface area contributed by atoms with Crippen LogP contribution >= 0.6 is 23.2 Å². The van der Waals surface area contributed by atoms with Crippen LogP contribution in [0.3, 0.4) is 0 Å². The van der Waals surface area contributed by atoms with E-state index in [1.165, 1.54) is 6.08 Å². The molecular formula is C13H12Cl2O3. The Labute approximate surface area is 115 Å². The molecular weight excluding hydrogens is 275 g/mol. The Balaban J connectivity index is 3.14. The second-order valence-corrected chi connectivity index (χ2v) is 4.03. The fourth-order valence-electron chi connectivity index (χ4n) is 1.28. The molecule has 0 saturated heterocycles. The third-order valence-corrected chi connectivity index (χ3v) is 2.71. The van der Waals surface area contributed by atoms with E-state index in [-0.39, 0.29) is 18.1 Å². The maximum Gasteiger partial charge on any atom is 0.341 e. The van der Waals surface area contributed by atoms with Gasteiger partial charge in [-0.25, -0.2) is 4.79 Å². The first-order valence-electron chi connectivity index (χ1n) is 5.32. The molecule has 0 saturated carbocycles. The van der Waals surface area contributed by atoms with Gasteiger partial charge >= 0.3 is 5.97 Å². The third-order valence-electron chi connectivity index (χ3n) is 2.12. The van der Waals surface area contributed by atoms with Gasteiger partial charge in [-0.05, 0) is 24.6 Å². The molecule has 0 fully saturated rings. The Morgan fingerprint density at radius 3 is 2.56 bits per heavy atom. The third kappa shape index (κ3) is 3.86. The van der Waals surface area contributed by atoms with E-state index in [1.807, 2.05) is 0 Å². The summed E-state index contributed by atoms with van der Waals surface area (Å²) in [5, 5.41) is 0.446. The van der Waals surface area contributed by atoms with Gasteiger partial charge in [-0.3, -0.25) is 4.79 Å². The number of Topliss-reactive ketones (excluding diaryl/α,β-unsaturated/α-hetero) is 1. The van der Waals surface area contributed by atoms with Crippen molar-refractivity contribution in [1.82, 2.24) is 0 Å². The number of carbonyl (C=O) groups is 2. The highest BCUT2D eigenvalue weighted by Crippen LogP contribution is 2.19. The number of halogens is 2. The zero-order valence-electron chi connectivity index (χ0n) is 9.78. The number of hydrogen-bond acceptors (Lipinski definition) is 3. The Bertz CT molecular complexity index is 481. The summed E-state index contributed by atoms with van der Waals surface area (Å²) < 4.78 is 4.81. The van der Waals surface area contributed by atoms with Crippen LogP contribution in [-0.2, 0) is 14.3 Å². The van der Waals surface area contributed by atoms with E-state index in [9.17, 15) is 9.59 Å². The number of esters is 1. The Hall–Kier alpha value is -1.32. The monoisotopic (exact) mass is 286 g/mol. The smallest absolute Gasteiger partial charge is 0.341 e. The van der Waals surface area contributed by atoms with Gasteiger partial charge in [0.1, 0.15) is 5.57 Å². The second kappa shape index (κ2) is 7.19. The highest BCUT2D eigenvalue weighted by molar-refractivity contribution is 6.36. The van der Waals surface area contributed by atoms with E-state index in [0.717, 1.165) is 0 Å². The van der Waals surface area contributed by atoms with Gasteiger partial charge in [-0.1, -0.05) is 29.8 Å². The lowest BCUT2D eigenvalue weighted by molar-refractivity contribution is -0.139. The first kappa shape index (κ1) is 14.7. The van der Waals surface area contributed by atoms with Crippen LogP contribution in [0.4, 0.5) is 0 Å². The van der Waals surface area contributed by atoms with E-state index in [1.54, 1.807) is 31.2 Å². The van der Waals surface area contributed by atoms with Crippen LogP contribution in [0.15, 0.2) is 29.8 Å². The van der Waals surface area contributed by atoms with Crippen LogP contribution in [0.2, 0.25) is 5.02 Å². The van der Waals surface area contributed by atoms with Gasteiger partial charge in [0.05, 0.1) is 12.5 Å². The van der Waals surface area contributed by atoms with Gasteiger partial charge < -0.3 is 4.74 Å². The molecule has 0 radical (unpaired) electrons.